The smallest absolute Gasteiger partial charge is 0.199 e. The van der Waals surface area contributed by atoms with Crippen LogP contribution < -0.4 is 5.73 Å². The standard InChI is InChI=1S/C30H44FNO4SSi.C24H30FNO4S.C14H18FN/c1-19(20-12-13-20)25-16-27(31)24-11-9-10-23(24)26(25)15-22(33)18-37(35,32-38(7,8)29(2,3)4)28-14-21(17-36-28)30(5,6)34;1-14(15-7-8-15)20-11-22(25)19-6-4-5-18(19)21(20)10-17(27)13-31(26,29)23-9-16(12-30-23)24(2,3)28;1-8(9-5-6-9)12-7-13(15)10-3-2-4-11(10)14(12)16/h14,16-17,19-20,34H,9-13,15,18H2,1-8H3;9,11-12,14-15,26,28H,4-8,10,13H2,1-3H3;7-9H,2-6,16H2,1H3. The summed E-state index contributed by atoms with van der Waals surface area (Å²) in [5.41, 5.74) is 15.7. The Hall–Kier alpha value is -4.81. The van der Waals surface area contributed by atoms with Gasteiger partial charge in [0.05, 0.1) is 35.2 Å². The van der Waals surface area contributed by atoms with Crippen molar-refractivity contribution in [2.24, 2.45) is 21.8 Å². The van der Waals surface area contributed by atoms with Gasteiger partial charge in [-0.2, -0.15) is 0 Å². The fourth-order valence-corrected chi connectivity index (χ4v) is 19.9. The predicted octanol–water partition coefficient (Wildman–Crippen LogP) is 15.6. The summed E-state index contributed by atoms with van der Waals surface area (Å²) < 4.78 is 95.5. The molecule has 0 aliphatic heterocycles. The Morgan fingerprint density at radius 3 is 1.35 bits per heavy atom. The van der Waals surface area contributed by atoms with Gasteiger partial charge in [0.1, 0.15) is 36.9 Å². The highest BCUT2D eigenvalue weighted by Crippen LogP contribution is 2.49. The Morgan fingerprint density at radius 1 is 0.600 bits per heavy atom. The molecule has 6 aliphatic carbocycles. The average Bonchev–Trinajstić information content (AvgIpc) is 3.23. The number of benzene rings is 3. The maximum atomic E-state index is 15.0. The van der Waals surface area contributed by atoms with E-state index in [4.69, 9.17) is 23.4 Å². The molecule has 17 heteroatoms. The van der Waals surface area contributed by atoms with Gasteiger partial charge in [0.25, 0.3) is 0 Å². The lowest BCUT2D eigenvalue weighted by molar-refractivity contribution is -0.116. The van der Waals surface area contributed by atoms with E-state index < -0.39 is 44.6 Å². The topological polar surface area (TPSA) is 197 Å². The molecule has 3 saturated carbocycles. The third kappa shape index (κ3) is 14.4. The number of hydrogen-bond acceptors (Lipinski definition) is 11. The monoisotopic (exact) mass is 1230 g/mol. The van der Waals surface area contributed by atoms with Crippen LogP contribution >= 0.6 is 0 Å². The van der Waals surface area contributed by atoms with Gasteiger partial charge in [0, 0.05) is 41.8 Å². The quantitative estimate of drug-likeness (QED) is 0.0459. The molecule has 6 aliphatic rings. The lowest BCUT2D eigenvalue weighted by Gasteiger charge is -2.33. The largest absolute Gasteiger partial charge is 0.454 e. The maximum absolute atomic E-state index is 15.0. The number of hydrogen-bond donors (Lipinski definition) is 4. The van der Waals surface area contributed by atoms with Crippen molar-refractivity contribution in [2.75, 3.05) is 17.2 Å². The highest BCUT2D eigenvalue weighted by atomic mass is 32.2. The zero-order valence-corrected chi connectivity index (χ0v) is 54.9. The Morgan fingerprint density at radius 2 is 0.953 bits per heavy atom. The van der Waals surface area contributed by atoms with Crippen molar-refractivity contribution in [3.05, 3.63) is 133 Å². The number of aliphatic hydroxyl groups is 2. The zero-order chi connectivity index (χ0) is 62.1. The molecule has 2 heterocycles. The minimum absolute atomic E-state index is 0.0239. The van der Waals surface area contributed by atoms with E-state index in [1.807, 2.05) is 0 Å². The number of nitrogens with two attached hydrogens (primary N) is 1. The number of anilines is 1. The molecule has 464 valence electrons. The molecule has 5 N–H and O–H groups in total. The first-order valence-electron chi connectivity index (χ1n) is 31.0. The second-order valence-corrected chi connectivity index (χ2v) is 37.7. The van der Waals surface area contributed by atoms with Crippen molar-refractivity contribution in [3.8, 4) is 0 Å². The molecule has 0 spiro atoms. The van der Waals surface area contributed by atoms with Gasteiger partial charge in [-0.15, -0.1) is 0 Å². The van der Waals surface area contributed by atoms with Crippen LogP contribution in [0.2, 0.25) is 18.1 Å². The van der Waals surface area contributed by atoms with Crippen LogP contribution in [0.25, 0.3) is 0 Å². The lowest BCUT2D eigenvalue weighted by Crippen LogP contribution is -2.37. The molecule has 5 unspecified atom stereocenters. The van der Waals surface area contributed by atoms with Crippen LogP contribution in [0, 0.1) is 40.0 Å². The number of ketones is 2. The highest BCUT2D eigenvalue weighted by Gasteiger charge is 2.41. The van der Waals surface area contributed by atoms with Gasteiger partial charge in [0.15, 0.2) is 30.0 Å². The van der Waals surface area contributed by atoms with E-state index in [1.165, 1.54) is 31.4 Å². The van der Waals surface area contributed by atoms with Gasteiger partial charge in [-0.25, -0.2) is 26.4 Å². The van der Waals surface area contributed by atoms with E-state index in [0.717, 1.165) is 138 Å². The number of nitrogen functional groups attached to an aromatic ring is 1. The molecule has 0 amide bonds. The van der Waals surface area contributed by atoms with Crippen LogP contribution in [0.1, 0.15) is 217 Å². The van der Waals surface area contributed by atoms with E-state index in [-0.39, 0.29) is 74.7 Å². The number of halogens is 3. The number of Topliss-reactive ketones (excluding diaryl/α,β-unsaturated/α-hetero) is 2. The van der Waals surface area contributed by atoms with E-state index in [1.54, 1.807) is 52.0 Å². The van der Waals surface area contributed by atoms with Gasteiger partial charge in [-0.3, -0.25) is 13.6 Å². The summed E-state index contributed by atoms with van der Waals surface area (Å²) in [6.45, 7) is 23.2. The number of carbonyl (C=O) groups is 2. The van der Waals surface area contributed by atoms with Crippen LogP contribution in [0.3, 0.4) is 0 Å². The summed E-state index contributed by atoms with van der Waals surface area (Å²) >= 11 is 0. The minimum atomic E-state index is -3.48. The SMILES string of the molecule is CC(c1cc(F)c2c(c1CC(=O)CS(=N)(=O)c1cc(C(C)(C)O)co1)CCC2)C1CC1.CC(c1cc(F)c2c(c1CC(=O)CS(=O)(=N[Si](C)(C)C(C)(C)C)c1cc(C(C)(C)O)co1)CCC2)C1CC1.CC(c1cc(F)c2c(c1N)CCC2)C1CC1. The second kappa shape index (κ2) is 24.3. The number of fused-ring (bicyclic) bond motifs is 3. The van der Waals surface area contributed by atoms with E-state index in [2.05, 4.69) is 54.6 Å². The van der Waals surface area contributed by atoms with E-state index in [9.17, 15) is 37.0 Å². The van der Waals surface area contributed by atoms with Gasteiger partial charge < -0.3 is 24.8 Å². The van der Waals surface area contributed by atoms with Gasteiger partial charge >= 0.3 is 0 Å². The first-order chi connectivity index (χ1) is 39.6. The summed E-state index contributed by atoms with van der Waals surface area (Å²) in [7, 11) is -9.17. The molecular weight excluding hydrogens is 1140 g/mol. The van der Waals surface area contributed by atoms with Crippen LogP contribution in [-0.2, 0) is 91.6 Å². The third-order valence-electron chi connectivity index (χ3n) is 19.8. The first-order valence-corrected chi connectivity index (χ1v) is 37.4. The van der Waals surface area contributed by atoms with Crippen LogP contribution in [0.15, 0.2) is 65.9 Å². The Labute approximate surface area is 504 Å². The molecule has 3 aromatic carbocycles. The lowest BCUT2D eigenvalue weighted by atomic mass is 9.85. The molecule has 0 bridgehead atoms. The molecule has 85 heavy (non-hydrogen) atoms. The highest BCUT2D eigenvalue weighted by molar-refractivity contribution is 7.95. The van der Waals surface area contributed by atoms with Gasteiger partial charge in [-0.05, 0) is 257 Å². The van der Waals surface area contributed by atoms with Crippen molar-refractivity contribution < 1.29 is 50.2 Å². The summed E-state index contributed by atoms with van der Waals surface area (Å²) in [5.74, 6) is 1.03. The summed E-state index contributed by atoms with van der Waals surface area (Å²) in [6, 6.07) is 7.94. The van der Waals surface area contributed by atoms with Gasteiger partial charge in [0.2, 0.25) is 0 Å². The normalized spacial score (nSPS) is 19.3. The van der Waals surface area contributed by atoms with Crippen LogP contribution in [-0.4, -0.2) is 49.9 Å². The number of nitrogens with one attached hydrogen (secondary N) is 1. The molecule has 3 fully saturated rings. The van der Waals surface area contributed by atoms with Gasteiger partial charge in [-0.1, -0.05) is 41.5 Å². The summed E-state index contributed by atoms with van der Waals surface area (Å²) in [6.07, 6.45) is 17.5. The fraction of sp³-hybridized carbons (Fsp3) is 0.588. The van der Waals surface area contributed by atoms with Crippen LogP contribution in [0.5, 0.6) is 0 Å². The van der Waals surface area contributed by atoms with Crippen molar-refractivity contribution >= 4 is 44.9 Å². The summed E-state index contributed by atoms with van der Waals surface area (Å²) in [4.78, 5) is 26.7. The van der Waals surface area contributed by atoms with E-state index in [0.29, 0.717) is 47.3 Å². The van der Waals surface area contributed by atoms with Crippen molar-refractivity contribution in [1.29, 1.82) is 4.78 Å². The molecule has 5 atom stereocenters. The fourth-order valence-electron chi connectivity index (χ4n) is 12.9. The van der Waals surface area contributed by atoms with Crippen LogP contribution in [0.4, 0.5) is 18.9 Å². The van der Waals surface area contributed by atoms with E-state index >= 15 is 4.39 Å². The number of rotatable bonds is 19. The minimum Gasteiger partial charge on any atom is -0.454 e. The van der Waals surface area contributed by atoms with Crippen molar-refractivity contribution in [2.45, 2.75) is 236 Å². The Bertz CT molecular complexity index is 3620. The molecule has 2 aromatic heterocycles. The molecule has 11 rings (SSSR count). The average molecular weight is 1230 g/mol. The predicted molar refractivity (Wildman–Crippen MR) is 333 cm³/mol. The first kappa shape index (κ1) is 64.7. The zero-order valence-electron chi connectivity index (χ0n) is 52.3. The number of nitrogens with zero attached hydrogens (tertiary/aromatic N) is 1. The van der Waals surface area contributed by atoms with Crippen molar-refractivity contribution in [1.82, 2.24) is 0 Å². The van der Waals surface area contributed by atoms with Crippen molar-refractivity contribution in [3.63, 3.8) is 0 Å². The molecule has 0 saturated heterocycles. The third-order valence-corrected chi connectivity index (χ3v) is 29.6. The molecule has 5 aromatic rings. The second-order valence-electron chi connectivity index (χ2n) is 28.4. The maximum Gasteiger partial charge on any atom is 0.199 e. The number of furan rings is 2. The number of carbonyl (C=O) groups excluding carboxylic acids is 2. The molecule has 0 radical (unpaired) electrons. The molecular formula is C68H92F3N3O8S2Si. The Kier molecular flexibility index (Phi) is 18.5. The Balaban J connectivity index is 0.000000164. The molecule has 11 nitrogen and oxygen atoms in total. The summed E-state index contributed by atoms with van der Waals surface area (Å²) in [5, 5.41) is 20.4.